The molecule has 0 bridgehead atoms. The molecule has 0 saturated carbocycles. The van der Waals surface area contributed by atoms with Crippen LogP contribution in [-0.4, -0.2) is 37.9 Å². The van der Waals surface area contributed by atoms with Crippen molar-refractivity contribution in [3.05, 3.63) is 0 Å². The smallest absolute Gasteiger partial charge is 0.306 e. The predicted octanol–water partition coefficient (Wildman–Crippen LogP) is 19.2. The fraction of sp³-hybridized carbons (Fsp3) is 0.965. The number of esters is 2. The van der Waals surface area contributed by atoms with Gasteiger partial charge in [0.25, 0.3) is 0 Å². The molecule has 0 spiro atoms. The van der Waals surface area contributed by atoms with Gasteiger partial charge in [-0.05, 0) is 19.3 Å². The molecule has 62 heavy (non-hydrogen) atoms. The van der Waals surface area contributed by atoms with Crippen molar-refractivity contribution in [1.29, 1.82) is 0 Å². The molecular formula is C57H112O5. The van der Waals surface area contributed by atoms with Crippen LogP contribution in [0.2, 0.25) is 0 Å². The lowest BCUT2D eigenvalue weighted by molar-refractivity contribution is -0.163. The van der Waals surface area contributed by atoms with E-state index in [1.54, 1.807) is 0 Å². The number of unbranched alkanes of at least 4 members (excludes halogenated alkanes) is 43. The first-order valence-corrected chi connectivity index (χ1v) is 28.6. The van der Waals surface area contributed by atoms with Gasteiger partial charge in [0.05, 0.1) is 6.61 Å². The molecule has 0 N–H and O–H groups in total. The zero-order chi connectivity index (χ0) is 44.9. The molecule has 0 aromatic carbocycles. The van der Waals surface area contributed by atoms with Crippen molar-refractivity contribution in [2.24, 2.45) is 0 Å². The molecule has 0 rings (SSSR count). The molecule has 0 saturated heterocycles. The Balaban J connectivity index is 4.11. The van der Waals surface area contributed by atoms with Gasteiger partial charge in [-0.25, -0.2) is 0 Å². The molecule has 0 aliphatic rings. The summed E-state index contributed by atoms with van der Waals surface area (Å²) in [5.74, 6) is -0.369. The van der Waals surface area contributed by atoms with Crippen molar-refractivity contribution in [2.75, 3.05) is 19.8 Å². The van der Waals surface area contributed by atoms with E-state index in [1.807, 2.05) is 0 Å². The Labute approximate surface area is 389 Å². The van der Waals surface area contributed by atoms with Gasteiger partial charge in [-0.1, -0.05) is 297 Å². The third kappa shape index (κ3) is 51.5. The maximum atomic E-state index is 12.8. The molecule has 0 amide bonds. The van der Waals surface area contributed by atoms with Crippen molar-refractivity contribution < 1.29 is 23.8 Å². The van der Waals surface area contributed by atoms with Crippen molar-refractivity contribution in [3.63, 3.8) is 0 Å². The minimum Gasteiger partial charge on any atom is -0.462 e. The van der Waals surface area contributed by atoms with Crippen LogP contribution in [-0.2, 0) is 23.8 Å². The van der Waals surface area contributed by atoms with Gasteiger partial charge in [0.2, 0.25) is 0 Å². The van der Waals surface area contributed by atoms with Crippen molar-refractivity contribution in [1.82, 2.24) is 0 Å². The summed E-state index contributed by atoms with van der Waals surface area (Å²) in [4.78, 5) is 25.4. The monoisotopic (exact) mass is 877 g/mol. The maximum Gasteiger partial charge on any atom is 0.306 e. The normalized spacial score (nSPS) is 12.0. The van der Waals surface area contributed by atoms with Gasteiger partial charge >= 0.3 is 11.9 Å². The van der Waals surface area contributed by atoms with Gasteiger partial charge in [-0.2, -0.15) is 0 Å². The molecule has 1 atom stereocenters. The van der Waals surface area contributed by atoms with Crippen molar-refractivity contribution in [3.8, 4) is 0 Å². The van der Waals surface area contributed by atoms with Crippen LogP contribution in [0.3, 0.4) is 0 Å². The minimum absolute atomic E-state index is 0.0980. The van der Waals surface area contributed by atoms with Gasteiger partial charge in [0.1, 0.15) is 6.61 Å². The van der Waals surface area contributed by atoms with Gasteiger partial charge in [0.15, 0.2) is 6.10 Å². The van der Waals surface area contributed by atoms with Crippen LogP contribution in [0.15, 0.2) is 0 Å². The van der Waals surface area contributed by atoms with Crippen LogP contribution in [0.25, 0.3) is 0 Å². The van der Waals surface area contributed by atoms with E-state index in [-0.39, 0.29) is 18.5 Å². The van der Waals surface area contributed by atoms with Crippen molar-refractivity contribution >= 4 is 11.9 Å². The lowest BCUT2D eigenvalue weighted by Crippen LogP contribution is -2.30. The predicted molar refractivity (Wildman–Crippen MR) is 270 cm³/mol. The van der Waals surface area contributed by atoms with E-state index in [0.717, 1.165) is 32.1 Å². The molecule has 0 aliphatic carbocycles. The highest BCUT2D eigenvalue weighted by molar-refractivity contribution is 5.70. The summed E-state index contributed by atoms with van der Waals surface area (Å²) in [7, 11) is 0. The van der Waals surface area contributed by atoms with Gasteiger partial charge in [-0.3, -0.25) is 9.59 Å². The molecule has 370 valence electrons. The lowest BCUT2D eigenvalue weighted by Gasteiger charge is -2.18. The third-order valence-corrected chi connectivity index (χ3v) is 13.1. The Kier molecular flexibility index (Phi) is 53.3. The first-order valence-electron chi connectivity index (χ1n) is 28.6. The Bertz CT molecular complexity index is 860. The van der Waals surface area contributed by atoms with Crippen LogP contribution in [0.4, 0.5) is 0 Å². The Morgan fingerprint density at radius 1 is 0.290 bits per heavy atom. The Hall–Kier alpha value is -1.10. The van der Waals surface area contributed by atoms with E-state index in [0.29, 0.717) is 26.1 Å². The molecule has 1 unspecified atom stereocenters. The fourth-order valence-corrected chi connectivity index (χ4v) is 8.87. The largest absolute Gasteiger partial charge is 0.462 e. The van der Waals surface area contributed by atoms with Crippen molar-refractivity contribution in [2.45, 2.75) is 335 Å². The summed E-state index contributed by atoms with van der Waals surface area (Å²) in [6.45, 7) is 7.91. The summed E-state index contributed by atoms with van der Waals surface area (Å²) < 4.78 is 17.5. The van der Waals surface area contributed by atoms with E-state index >= 15 is 0 Å². The molecule has 0 aromatic rings. The minimum atomic E-state index is -0.523. The highest BCUT2D eigenvalue weighted by Gasteiger charge is 2.17. The second kappa shape index (κ2) is 54.2. The van der Waals surface area contributed by atoms with Gasteiger partial charge in [-0.15, -0.1) is 0 Å². The van der Waals surface area contributed by atoms with E-state index in [1.165, 1.54) is 263 Å². The summed E-state index contributed by atoms with van der Waals surface area (Å²) >= 11 is 0. The van der Waals surface area contributed by atoms with E-state index in [2.05, 4.69) is 20.8 Å². The summed E-state index contributed by atoms with van der Waals surface area (Å²) in [5.41, 5.74) is 0. The van der Waals surface area contributed by atoms with Gasteiger partial charge in [0, 0.05) is 19.4 Å². The highest BCUT2D eigenvalue weighted by Crippen LogP contribution is 2.17. The van der Waals surface area contributed by atoms with E-state index < -0.39 is 6.10 Å². The van der Waals surface area contributed by atoms with Crippen LogP contribution >= 0.6 is 0 Å². The van der Waals surface area contributed by atoms with Crippen LogP contribution < -0.4 is 0 Å². The number of hydrogen-bond donors (Lipinski definition) is 0. The van der Waals surface area contributed by atoms with Gasteiger partial charge < -0.3 is 14.2 Å². The summed E-state index contributed by atoms with van der Waals surface area (Å²) in [6.07, 6.45) is 61.2. The van der Waals surface area contributed by atoms with Crippen LogP contribution in [0, 0.1) is 0 Å². The Morgan fingerprint density at radius 2 is 0.532 bits per heavy atom. The second-order valence-corrected chi connectivity index (χ2v) is 19.6. The fourth-order valence-electron chi connectivity index (χ4n) is 8.87. The number of ether oxygens (including phenoxy) is 3. The quantitative estimate of drug-likeness (QED) is 0.0450. The summed E-state index contributed by atoms with van der Waals surface area (Å²) in [5, 5.41) is 0. The molecule has 5 nitrogen and oxygen atoms in total. The molecule has 0 fully saturated rings. The van der Waals surface area contributed by atoms with E-state index in [9.17, 15) is 9.59 Å². The highest BCUT2D eigenvalue weighted by atomic mass is 16.6. The first kappa shape index (κ1) is 60.9. The number of carbonyl (C=O) groups excluding carboxylic acids is 2. The zero-order valence-electron chi connectivity index (χ0n) is 42.7. The van der Waals surface area contributed by atoms with E-state index in [4.69, 9.17) is 14.2 Å². The number of carbonyl (C=O) groups is 2. The maximum absolute atomic E-state index is 12.8. The SMILES string of the molecule is CCCCCCCCCCCCCCCCCCCCCCOCC(COC(=O)CCCCCCCCCCCCCCCCC)OC(=O)CCCCCCCCCCCCC. The third-order valence-electron chi connectivity index (χ3n) is 13.1. The zero-order valence-corrected chi connectivity index (χ0v) is 42.7. The standard InChI is InChI=1S/C57H112O5/c1-4-7-10-13-16-19-22-24-26-27-28-29-30-32-34-37-40-43-46-49-52-60-53-55(62-57(59)51-48-45-42-39-35-21-18-15-12-9-6-3)54-61-56(58)50-47-44-41-38-36-33-31-25-23-20-17-14-11-8-5-2/h55H,4-54H2,1-3H3. The van der Waals surface area contributed by atoms with Crippen LogP contribution in [0.5, 0.6) is 0 Å². The molecule has 0 aromatic heterocycles. The molecular weight excluding hydrogens is 765 g/mol. The number of rotatable bonds is 54. The number of hydrogen-bond acceptors (Lipinski definition) is 5. The lowest BCUT2D eigenvalue weighted by atomic mass is 10.0. The summed E-state index contributed by atoms with van der Waals surface area (Å²) in [6, 6.07) is 0. The second-order valence-electron chi connectivity index (χ2n) is 19.6. The average Bonchev–Trinajstić information content (AvgIpc) is 3.27. The average molecular weight is 878 g/mol. The molecule has 0 heterocycles. The molecule has 5 heteroatoms. The Morgan fingerprint density at radius 3 is 0.823 bits per heavy atom. The topological polar surface area (TPSA) is 61.8 Å². The van der Waals surface area contributed by atoms with Crippen LogP contribution in [0.1, 0.15) is 329 Å². The molecule has 0 radical (unpaired) electrons. The molecule has 0 aliphatic heterocycles. The first-order chi connectivity index (χ1) is 30.6.